The molecule has 1 unspecified atom stereocenters. The quantitative estimate of drug-likeness (QED) is 0.944. The fourth-order valence-corrected chi connectivity index (χ4v) is 3.31. The number of hydrogen-bond donors (Lipinski definition) is 1. The van der Waals surface area contributed by atoms with E-state index in [1.807, 2.05) is 23.6 Å². The van der Waals surface area contributed by atoms with Gasteiger partial charge in [0.2, 0.25) is 5.91 Å². The molecule has 3 rings (SSSR count). The second kappa shape index (κ2) is 5.34. The fraction of sp³-hybridized carbons (Fsp3) is 0.333. The number of carbonyl (C=O) groups excluding carboxylic acids is 1. The van der Waals surface area contributed by atoms with Crippen molar-refractivity contribution in [2.75, 3.05) is 18.1 Å². The molecule has 0 spiro atoms. The van der Waals surface area contributed by atoms with Crippen molar-refractivity contribution in [1.82, 2.24) is 4.98 Å². The van der Waals surface area contributed by atoms with Crippen molar-refractivity contribution in [3.63, 3.8) is 0 Å². The van der Waals surface area contributed by atoms with E-state index in [1.165, 1.54) is 16.9 Å². The van der Waals surface area contributed by atoms with Crippen molar-refractivity contribution >= 4 is 22.4 Å². The van der Waals surface area contributed by atoms with Crippen LogP contribution < -0.4 is 4.90 Å². The van der Waals surface area contributed by atoms with Crippen LogP contribution in [0.5, 0.6) is 0 Å². The van der Waals surface area contributed by atoms with Gasteiger partial charge in [0.1, 0.15) is 0 Å². The maximum Gasteiger partial charge on any atom is 0.229 e. The summed E-state index contributed by atoms with van der Waals surface area (Å²) in [5.74, 6) is 0.0862. The molecule has 1 aromatic carbocycles. The maximum absolute atomic E-state index is 11.9. The molecule has 0 bridgehead atoms. The van der Waals surface area contributed by atoms with Crippen LogP contribution in [-0.4, -0.2) is 29.1 Å². The van der Waals surface area contributed by atoms with Gasteiger partial charge >= 0.3 is 0 Å². The molecular weight excluding hydrogens is 272 g/mol. The van der Waals surface area contributed by atoms with Crippen LogP contribution in [0.4, 0.5) is 5.13 Å². The van der Waals surface area contributed by atoms with E-state index >= 15 is 0 Å². The van der Waals surface area contributed by atoms with Crippen molar-refractivity contribution in [3.05, 3.63) is 35.2 Å². The summed E-state index contributed by atoms with van der Waals surface area (Å²) >= 11 is 1.48. The van der Waals surface area contributed by atoms with Gasteiger partial charge in [-0.2, -0.15) is 0 Å². The Kier molecular flexibility index (Phi) is 3.54. The Morgan fingerprint density at radius 2 is 2.25 bits per heavy atom. The Hall–Kier alpha value is -1.72. The molecule has 1 N–H and O–H groups in total. The average molecular weight is 288 g/mol. The van der Waals surface area contributed by atoms with E-state index in [1.54, 1.807) is 4.90 Å². The number of thiazole rings is 1. The highest BCUT2D eigenvalue weighted by Gasteiger charge is 2.31. The number of benzene rings is 1. The van der Waals surface area contributed by atoms with Gasteiger partial charge in [0.05, 0.1) is 5.69 Å². The lowest BCUT2D eigenvalue weighted by atomic mass is 10.1. The average Bonchev–Trinajstić information content (AvgIpc) is 3.05. The van der Waals surface area contributed by atoms with E-state index in [4.69, 9.17) is 0 Å². The van der Waals surface area contributed by atoms with Gasteiger partial charge in [-0.1, -0.05) is 24.3 Å². The van der Waals surface area contributed by atoms with Crippen LogP contribution in [0, 0.1) is 12.8 Å². The number of anilines is 1. The molecular formula is C15H16N2O2S. The lowest BCUT2D eigenvalue weighted by Crippen LogP contribution is -2.24. The van der Waals surface area contributed by atoms with Crippen molar-refractivity contribution in [1.29, 1.82) is 0 Å². The molecule has 104 valence electrons. The Morgan fingerprint density at radius 3 is 2.95 bits per heavy atom. The molecule has 1 aliphatic rings. The molecule has 2 aromatic rings. The minimum absolute atomic E-state index is 0.0355. The fourth-order valence-electron chi connectivity index (χ4n) is 2.46. The SMILES string of the molecule is Cc1ccccc1-c1csc(N2CC(CO)CC2=O)n1. The number of aromatic nitrogens is 1. The first-order chi connectivity index (χ1) is 9.69. The van der Waals surface area contributed by atoms with E-state index in [2.05, 4.69) is 18.0 Å². The molecule has 20 heavy (non-hydrogen) atoms. The Labute approximate surface area is 121 Å². The standard InChI is InChI=1S/C15H16N2O2S/c1-10-4-2-3-5-12(10)13-9-20-15(16-13)17-7-11(8-18)6-14(17)19/h2-5,9,11,18H,6-8H2,1H3. The predicted molar refractivity (Wildman–Crippen MR) is 79.8 cm³/mol. The highest BCUT2D eigenvalue weighted by Crippen LogP contribution is 2.32. The number of aliphatic hydroxyl groups is 1. The summed E-state index contributed by atoms with van der Waals surface area (Å²) < 4.78 is 0. The number of aryl methyl sites for hydroxylation is 1. The van der Waals surface area contributed by atoms with Gasteiger partial charge in [0.25, 0.3) is 0 Å². The minimum Gasteiger partial charge on any atom is -0.396 e. The number of amides is 1. The van der Waals surface area contributed by atoms with Crippen LogP contribution in [0.1, 0.15) is 12.0 Å². The number of carbonyl (C=O) groups is 1. The molecule has 5 heteroatoms. The molecule has 1 aliphatic heterocycles. The third-order valence-electron chi connectivity index (χ3n) is 3.61. The lowest BCUT2D eigenvalue weighted by Gasteiger charge is -2.12. The van der Waals surface area contributed by atoms with Crippen LogP contribution in [-0.2, 0) is 4.79 Å². The maximum atomic E-state index is 11.9. The topological polar surface area (TPSA) is 53.4 Å². The summed E-state index contributed by atoms with van der Waals surface area (Å²) in [5, 5.41) is 11.9. The monoisotopic (exact) mass is 288 g/mol. The zero-order valence-corrected chi connectivity index (χ0v) is 12.1. The van der Waals surface area contributed by atoms with Gasteiger partial charge in [0.15, 0.2) is 5.13 Å². The number of hydrogen-bond acceptors (Lipinski definition) is 4. The molecule has 1 fully saturated rings. The van der Waals surface area contributed by atoms with Gasteiger partial charge in [-0.3, -0.25) is 9.69 Å². The number of rotatable bonds is 3. The largest absolute Gasteiger partial charge is 0.396 e. The van der Waals surface area contributed by atoms with Crippen LogP contribution in [0.3, 0.4) is 0 Å². The number of nitrogens with zero attached hydrogens (tertiary/aromatic N) is 2. The highest BCUT2D eigenvalue weighted by molar-refractivity contribution is 7.14. The first-order valence-corrected chi connectivity index (χ1v) is 7.49. The second-order valence-corrected chi connectivity index (χ2v) is 5.92. The van der Waals surface area contributed by atoms with Gasteiger partial charge < -0.3 is 5.11 Å². The smallest absolute Gasteiger partial charge is 0.229 e. The summed E-state index contributed by atoms with van der Waals surface area (Å²) in [4.78, 5) is 18.2. The van der Waals surface area contributed by atoms with Crippen molar-refractivity contribution < 1.29 is 9.90 Å². The molecule has 0 saturated carbocycles. The molecule has 0 aliphatic carbocycles. The van der Waals surface area contributed by atoms with Crippen LogP contribution in [0.15, 0.2) is 29.6 Å². The third-order valence-corrected chi connectivity index (χ3v) is 4.47. The van der Waals surface area contributed by atoms with Crippen LogP contribution in [0.25, 0.3) is 11.3 Å². The Morgan fingerprint density at radius 1 is 1.45 bits per heavy atom. The van der Waals surface area contributed by atoms with Gasteiger partial charge in [-0.05, 0) is 12.5 Å². The molecule has 4 nitrogen and oxygen atoms in total. The molecule has 0 radical (unpaired) electrons. The Bertz CT molecular complexity index is 638. The zero-order valence-electron chi connectivity index (χ0n) is 11.2. The normalized spacial score (nSPS) is 18.8. The minimum atomic E-state index is 0.0355. The molecule has 1 saturated heterocycles. The van der Waals surface area contributed by atoms with E-state index in [9.17, 15) is 9.90 Å². The second-order valence-electron chi connectivity index (χ2n) is 5.09. The predicted octanol–water partition coefficient (Wildman–Crippen LogP) is 2.46. The number of aliphatic hydroxyl groups excluding tert-OH is 1. The first kappa shape index (κ1) is 13.3. The van der Waals surface area contributed by atoms with E-state index in [0.717, 1.165) is 16.4 Å². The van der Waals surface area contributed by atoms with E-state index in [0.29, 0.717) is 13.0 Å². The molecule has 1 aromatic heterocycles. The van der Waals surface area contributed by atoms with Gasteiger partial charge in [-0.25, -0.2) is 4.98 Å². The highest BCUT2D eigenvalue weighted by atomic mass is 32.1. The molecule has 2 heterocycles. The van der Waals surface area contributed by atoms with Gasteiger partial charge in [0, 0.05) is 36.4 Å². The van der Waals surface area contributed by atoms with Crippen molar-refractivity contribution in [3.8, 4) is 11.3 Å². The van der Waals surface area contributed by atoms with Crippen LogP contribution >= 0.6 is 11.3 Å². The zero-order chi connectivity index (χ0) is 14.1. The third kappa shape index (κ3) is 2.34. The van der Waals surface area contributed by atoms with E-state index < -0.39 is 0 Å². The van der Waals surface area contributed by atoms with Crippen molar-refractivity contribution in [2.24, 2.45) is 5.92 Å². The van der Waals surface area contributed by atoms with Gasteiger partial charge in [-0.15, -0.1) is 11.3 Å². The molecule has 1 atom stereocenters. The molecule has 1 amide bonds. The van der Waals surface area contributed by atoms with Crippen molar-refractivity contribution in [2.45, 2.75) is 13.3 Å². The van der Waals surface area contributed by atoms with E-state index in [-0.39, 0.29) is 18.4 Å². The summed E-state index contributed by atoms with van der Waals surface area (Å²) in [7, 11) is 0. The summed E-state index contributed by atoms with van der Waals surface area (Å²) in [6.07, 6.45) is 0.412. The first-order valence-electron chi connectivity index (χ1n) is 6.62. The Balaban J connectivity index is 1.88. The summed E-state index contributed by atoms with van der Waals surface area (Å²) in [5.41, 5.74) is 3.18. The van der Waals surface area contributed by atoms with Crippen LogP contribution in [0.2, 0.25) is 0 Å². The summed E-state index contributed by atoms with van der Waals surface area (Å²) in [6.45, 7) is 2.67. The summed E-state index contributed by atoms with van der Waals surface area (Å²) in [6, 6.07) is 8.08. The lowest BCUT2D eigenvalue weighted by molar-refractivity contribution is -0.117.